The number of aromatic carboxylic acids is 1. The number of fused-ring (bicyclic) bond motifs is 1. The Morgan fingerprint density at radius 1 is 1.30 bits per heavy atom. The normalized spacial score (nSPS) is 10.8. The van der Waals surface area contributed by atoms with Crippen LogP contribution in [0, 0.1) is 5.82 Å². The standard InChI is InChI=1S/C14H10FN3O2/c15-10-4-1-3-9(7-10)8-12-16-13-11(14(19)20)5-2-6-18(13)17-12/h1-7H,8H2,(H,19,20). The molecule has 0 bridgehead atoms. The molecule has 0 aliphatic rings. The quantitative estimate of drug-likeness (QED) is 0.792. The van der Waals surface area contributed by atoms with Crippen LogP contribution in [0.3, 0.4) is 0 Å². The highest BCUT2D eigenvalue weighted by Gasteiger charge is 2.13. The van der Waals surface area contributed by atoms with Crippen molar-refractivity contribution in [1.29, 1.82) is 0 Å². The van der Waals surface area contributed by atoms with Gasteiger partial charge in [-0.3, -0.25) is 0 Å². The van der Waals surface area contributed by atoms with Gasteiger partial charge in [0.25, 0.3) is 0 Å². The Balaban J connectivity index is 2.01. The number of hydrogen-bond donors (Lipinski definition) is 1. The first-order chi connectivity index (χ1) is 9.63. The van der Waals surface area contributed by atoms with Crippen LogP contribution in [0.25, 0.3) is 5.65 Å². The van der Waals surface area contributed by atoms with E-state index in [1.807, 2.05) is 0 Å². The fourth-order valence-electron chi connectivity index (χ4n) is 2.02. The second-order valence-electron chi connectivity index (χ2n) is 4.33. The molecule has 2 heterocycles. The number of nitrogens with zero attached hydrogens (tertiary/aromatic N) is 3. The van der Waals surface area contributed by atoms with Crippen molar-refractivity contribution in [3.05, 3.63) is 65.4 Å². The second kappa shape index (κ2) is 4.73. The Labute approximate surface area is 113 Å². The number of halogens is 1. The molecular formula is C14H10FN3O2. The van der Waals surface area contributed by atoms with Gasteiger partial charge in [0.05, 0.1) is 0 Å². The van der Waals surface area contributed by atoms with E-state index in [2.05, 4.69) is 10.1 Å². The largest absolute Gasteiger partial charge is 0.478 e. The van der Waals surface area contributed by atoms with Gasteiger partial charge in [-0.25, -0.2) is 18.7 Å². The summed E-state index contributed by atoms with van der Waals surface area (Å²) in [6.07, 6.45) is 1.97. The van der Waals surface area contributed by atoms with Crippen LogP contribution in [0.5, 0.6) is 0 Å². The van der Waals surface area contributed by atoms with Crippen LogP contribution >= 0.6 is 0 Å². The summed E-state index contributed by atoms with van der Waals surface area (Å²) in [5, 5.41) is 13.3. The van der Waals surface area contributed by atoms with Gasteiger partial charge in [0, 0.05) is 12.6 Å². The van der Waals surface area contributed by atoms with E-state index >= 15 is 0 Å². The number of carbonyl (C=O) groups is 1. The number of pyridine rings is 1. The number of hydrogen-bond acceptors (Lipinski definition) is 3. The molecule has 0 atom stereocenters. The van der Waals surface area contributed by atoms with Crippen molar-refractivity contribution in [3.63, 3.8) is 0 Å². The van der Waals surface area contributed by atoms with Gasteiger partial charge in [0.15, 0.2) is 11.5 Å². The van der Waals surface area contributed by atoms with E-state index in [0.29, 0.717) is 12.2 Å². The number of carboxylic acid groups (broad SMARTS) is 1. The molecule has 1 N–H and O–H groups in total. The van der Waals surface area contributed by atoms with Crippen molar-refractivity contribution in [2.75, 3.05) is 0 Å². The first-order valence-corrected chi connectivity index (χ1v) is 5.95. The van der Waals surface area contributed by atoms with Gasteiger partial charge in [-0.05, 0) is 29.8 Å². The summed E-state index contributed by atoms with van der Waals surface area (Å²) in [6, 6.07) is 9.22. The third-order valence-corrected chi connectivity index (χ3v) is 2.89. The van der Waals surface area contributed by atoms with Crippen molar-refractivity contribution in [1.82, 2.24) is 14.6 Å². The first kappa shape index (κ1) is 12.3. The maximum Gasteiger partial charge on any atom is 0.339 e. The smallest absolute Gasteiger partial charge is 0.339 e. The molecule has 3 aromatic rings. The van der Waals surface area contributed by atoms with Crippen molar-refractivity contribution in [2.24, 2.45) is 0 Å². The van der Waals surface area contributed by atoms with Gasteiger partial charge in [0.1, 0.15) is 11.4 Å². The Morgan fingerprint density at radius 2 is 2.15 bits per heavy atom. The zero-order chi connectivity index (χ0) is 14.1. The molecule has 0 spiro atoms. The lowest BCUT2D eigenvalue weighted by atomic mass is 10.1. The minimum Gasteiger partial charge on any atom is -0.478 e. The lowest BCUT2D eigenvalue weighted by Gasteiger charge is -1.96. The van der Waals surface area contributed by atoms with E-state index in [9.17, 15) is 9.18 Å². The molecule has 0 saturated heterocycles. The minimum atomic E-state index is -1.06. The fraction of sp³-hybridized carbons (Fsp3) is 0.0714. The summed E-state index contributed by atoms with van der Waals surface area (Å²) in [5.41, 5.74) is 1.11. The third-order valence-electron chi connectivity index (χ3n) is 2.89. The maximum atomic E-state index is 13.1. The van der Waals surface area contributed by atoms with E-state index in [4.69, 9.17) is 5.11 Å². The Bertz CT molecular complexity index is 798. The average Bonchev–Trinajstić information content (AvgIpc) is 2.80. The van der Waals surface area contributed by atoms with Crippen molar-refractivity contribution < 1.29 is 14.3 Å². The van der Waals surface area contributed by atoms with E-state index in [0.717, 1.165) is 5.56 Å². The predicted octanol–water partition coefficient (Wildman–Crippen LogP) is 2.16. The van der Waals surface area contributed by atoms with Crippen molar-refractivity contribution >= 4 is 11.6 Å². The zero-order valence-corrected chi connectivity index (χ0v) is 10.3. The monoisotopic (exact) mass is 271 g/mol. The highest BCUT2D eigenvalue weighted by molar-refractivity contribution is 5.94. The fourth-order valence-corrected chi connectivity index (χ4v) is 2.02. The van der Waals surface area contributed by atoms with Crippen LogP contribution in [0.1, 0.15) is 21.7 Å². The molecule has 2 aromatic heterocycles. The molecule has 0 aliphatic carbocycles. The molecule has 5 nitrogen and oxygen atoms in total. The SMILES string of the molecule is O=C(O)c1cccn2nc(Cc3cccc(F)c3)nc12. The second-order valence-corrected chi connectivity index (χ2v) is 4.33. The van der Waals surface area contributed by atoms with Crippen LogP contribution in [-0.4, -0.2) is 25.7 Å². The molecule has 6 heteroatoms. The van der Waals surface area contributed by atoms with Crippen LogP contribution in [0.15, 0.2) is 42.6 Å². The molecule has 0 unspecified atom stereocenters. The number of aromatic nitrogens is 3. The summed E-state index contributed by atoms with van der Waals surface area (Å²) < 4.78 is 14.5. The molecule has 0 fully saturated rings. The van der Waals surface area contributed by atoms with Gasteiger partial charge in [-0.1, -0.05) is 12.1 Å². The summed E-state index contributed by atoms with van der Waals surface area (Å²) in [7, 11) is 0. The van der Waals surface area contributed by atoms with E-state index < -0.39 is 5.97 Å². The van der Waals surface area contributed by atoms with Gasteiger partial charge in [-0.2, -0.15) is 5.10 Å². The van der Waals surface area contributed by atoms with Crippen LogP contribution < -0.4 is 0 Å². The molecule has 0 saturated carbocycles. The topological polar surface area (TPSA) is 67.5 Å². The number of carboxylic acids is 1. The van der Waals surface area contributed by atoms with Gasteiger partial charge in [0.2, 0.25) is 0 Å². The molecule has 0 radical (unpaired) electrons. The van der Waals surface area contributed by atoms with Crippen LogP contribution in [0.2, 0.25) is 0 Å². The highest BCUT2D eigenvalue weighted by Crippen LogP contribution is 2.12. The number of benzene rings is 1. The molecule has 3 rings (SSSR count). The molecule has 20 heavy (non-hydrogen) atoms. The van der Waals surface area contributed by atoms with Crippen molar-refractivity contribution in [2.45, 2.75) is 6.42 Å². The summed E-state index contributed by atoms with van der Waals surface area (Å²) in [5.74, 6) is -0.929. The summed E-state index contributed by atoms with van der Waals surface area (Å²) in [4.78, 5) is 15.3. The first-order valence-electron chi connectivity index (χ1n) is 5.95. The molecular weight excluding hydrogens is 261 g/mol. The third kappa shape index (κ3) is 2.23. The molecule has 1 aromatic carbocycles. The molecule has 100 valence electrons. The predicted molar refractivity (Wildman–Crippen MR) is 69.2 cm³/mol. The van der Waals surface area contributed by atoms with Gasteiger partial charge >= 0.3 is 5.97 Å². The summed E-state index contributed by atoms with van der Waals surface area (Å²) in [6.45, 7) is 0. The Hall–Kier alpha value is -2.76. The van der Waals surface area contributed by atoms with Crippen molar-refractivity contribution in [3.8, 4) is 0 Å². The Morgan fingerprint density at radius 3 is 2.90 bits per heavy atom. The van der Waals surface area contributed by atoms with E-state index in [-0.39, 0.29) is 17.0 Å². The van der Waals surface area contributed by atoms with E-state index in [1.165, 1.54) is 22.7 Å². The Kier molecular flexibility index (Phi) is 2.90. The minimum absolute atomic E-state index is 0.0884. The highest BCUT2D eigenvalue weighted by atomic mass is 19.1. The van der Waals surface area contributed by atoms with Crippen LogP contribution in [0.4, 0.5) is 4.39 Å². The summed E-state index contributed by atoms with van der Waals surface area (Å²) >= 11 is 0. The maximum absolute atomic E-state index is 13.1. The van der Waals surface area contributed by atoms with Gasteiger partial charge in [-0.15, -0.1) is 0 Å². The number of rotatable bonds is 3. The van der Waals surface area contributed by atoms with E-state index in [1.54, 1.807) is 24.4 Å². The molecule has 0 amide bonds. The molecule has 0 aliphatic heterocycles. The van der Waals surface area contributed by atoms with Gasteiger partial charge < -0.3 is 5.11 Å². The average molecular weight is 271 g/mol. The van der Waals surface area contributed by atoms with Crippen LogP contribution in [-0.2, 0) is 6.42 Å². The lowest BCUT2D eigenvalue weighted by molar-refractivity contribution is 0.0698. The lowest BCUT2D eigenvalue weighted by Crippen LogP contribution is -2.00. The zero-order valence-electron chi connectivity index (χ0n) is 10.3.